The van der Waals surface area contributed by atoms with Gasteiger partial charge in [-0.25, -0.2) is 4.79 Å². The fourth-order valence-electron chi connectivity index (χ4n) is 3.62. The van der Waals surface area contributed by atoms with Gasteiger partial charge in [-0.3, -0.25) is 9.88 Å². The highest BCUT2D eigenvalue weighted by Crippen LogP contribution is 2.29. The van der Waals surface area contributed by atoms with Crippen LogP contribution in [-0.2, 0) is 6.54 Å². The molecule has 31 heavy (non-hydrogen) atoms. The lowest BCUT2D eigenvalue weighted by Gasteiger charge is -2.35. The second-order valence-corrected chi connectivity index (χ2v) is 7.30. The Morgan fingerprint density at radius 3 is 2.48 bits per heavy atom. The van der Waals surface area contributed by atoms with E-state index in [0.717, 1.165) is 55.2 Å². The number of hydrogen-bond donors (Lipinski definition) is 2. The Hall–Kier alpha value is -3.72. The van der Waals surface area contributed by atoms with Gasteiger partial charge in [0.15, 0.2) is 11.5 Å². The molecule has 0 radical (unpaired) electrons. The summed E-state index contributed by atoms with van der Waals surface area (Å²) < 4.78 is 5.61. The number of hydrogen-bond acceptors (Lipinski definition) is 8. The molecular weight excluding hydrogens is 398 g/mol. The molecule has 0 atom stereocenters. The first kappa shape index (κ1) is 20.5. The largest absolute Gasteiger partial charge is 0.506 e. The van der Waals surface area contributed by atoms with Crippen molar-refractivity contribution in [3.63, 3.8) is 0 Å². The average Bonchev–Trinajstić information content (AvgIpc) is 2.80. The smallest absolute Gasteiger partial charge is 0.356 e. The van der Waals surface area contributed by atoms with E-state index in [1.807, 2.05) is 18.2 Å². The SMILES string of the molecule is COc1cc(-c2cncc(O)c2)ccc1CN1CCN(c2ccc(C(=O)O)nn2)CC1. The summed E-state index contributed by atoms with van der Waals surface area (Å²) in [5.41, 5.74) is 2.78. The number of ether oxygens (including phenoxy) is 1. The Morgan fingerprint density at radius 2 is 1.84 bits per heavy atom. The molecular formula is C22H23N5O4. The van der Waals surface area contributed by atoms with Crippen LogP contribution in [0.5, 0.6) is 11.5 Å². The molecule has 1 aromatic carbocycles. The molecule has 1 aliphatic heterocycles. The van der Waals surface area contributed by atoms with Crippen molar-refractivity contribution >= 4 is 11.8 Å². The number of rotatable bonds is 6. The average molecular weight is 421 g/mol. The third-order valence-electron chi connectivity index (χ3n) is 5.30. The predicted octanol–water partition coefficient (Wildman–Crippen LogP) is 2.27. The Balaban J connectivity index is 1.40. The maximum absolute atomic E-state index is 10.9. The van der Waals surface area contributed by atoms with E-state index in [1.165, 1.54) is 12.3 Å². The van der Waals surface area contributed by atoms with Crippen molar-refractivity contribution < 1.29 is 19.7 Å². The fourth-order valence-corrected chi connectivity index (χ4v) is 3.62. The molecule has 3 heterocycles. The lowest BCUT2D eigenvalue weighted by Crippen LogP contribution is -2.46. The maximum atomic E-state index is 10.9. The van der Waals surface area contributed by atoms with Gasteiger partial charge in [-0.1, -0.05) is 12.1 Å². The molecule has 0 amide bonds. The third kappa shape index (κ3) is 4.72. The maximum Gasteiger partial charge on any atom is 0.356 e. The minimum Gasteiger partial charge on any atom is -0.506 e. The molecule has 4 rings (SSSR count). The summed E-state index contributed by atoms with van der Waals surface area (Å²) in [4.78, 5) is 19.4. The van der Waals surface area contributed by atoms with Gasteiger partial charge in [0.1, 0.15) is 11.5 Å². The number of pyridine rings is 1. The van der Waals surface area contributed by atoms with E-state index in [1.54, 1.807) is 25.4 Å². The second kappa shape index (κ2) is 8.97. The van der Waals surface area contributed by atoms with Crippen molar-refractivity contribution in [2.24, 2.45) is 0 Å². The molecule has 160 valence electrons. The van der Waals surface area contributed by atoms with Gasteiger partial charge in [-0.05, 0) is 29.8 Å². The van der Waals surface area contributed by atoms with Gasteiger partial charge in [-0.2, -0.15) is 0 Å². The van der Waals surface area contributed by atoms with E-state index >= 15 is 0 Å². The number of carboxylic acids is 1. The van der Waals surface area contributed by atoms with E-state index in [0.29, 0.717) is 5.82 Å². The van der Waals surface area contributed by atoms with E-state index in [2.05, 4.69) is 25.0 Å². The summed E-state index contributed by atoms with van der Waals surface area (Å²) in [6, 6.07) is 10.9. The second-order valence-electron chi connectivity index (χ2n) is 7.30. The molecule has 0 spiro atoms. The van der Waals surface area contributed by atoms with Gasteiger partial charge >= 0.3 is 5.97 Å². The first-order chi connectivity index (χ1) is 15.0. The monoisotopic (exact) mass is 421 g/mol. The number of aromatic hydroxyl groups is 1. The zero-order valence-electron chi connectivity index (χ0n) is 17.1. The van der Waals surface area contributed by atoms with E-state index in [9.17, 15) is 9.90 Å². The number of anilines is 1. The van der Waals surface area contributed by atoms with Gasteiger partial charge in [0.25, 0.3) is 0 Å². The van der Waals surface area contributed by atoms with Crippen LogP contribution >= 0.6 is 0 Å². The van der Waals surface area contributed by atoms with Gasteiger partial charge in [0.2, 0.25) is 0 Å². The highest BCUT2D eigenvalue weighted by atomic mass is 16.5. The first-order valence-electron chi connectivity index (χ1n) is 9.89. The number of aromatic carboxylic acids is 1. The van der Waals surface area contributed by atoms with E-state index in [4.69, 9.17) is 9.84 Å². The molecule has 0 aliphatic carbocycles. The summed E-state index contributed by atoms with van der Waals surface area (Å²) in [5.74, 6) is 0.523. The number of carboxylic acid groups (broad SMARTS) is 1. The lowest BCUT2D eigenvalue weighted by atomic mass is 10.0. The van der Waals surface area contributed by atoms with Gasteiger partial charge < -0.3 is 19.8 Å². The number of piperazine rings is 1. The van der Waals surface area contributed by atoms with Crippen molar-refractivity contribution in [2.75, 3.05) is 38.2 Å². The highest BCUT2D eigenvalue weighted by Gasteiger charge is 2.20. The number of aromatic nitrogens is 3. The number of nitrogens with zero attached hydrogens (tertiary/aromatic N) is 5. The zero-order chi connectivity index (χ0) is 21.8. The summed E-state index contributed by atoms with van der Waals surface area (Å²) in [6.07, 6.45) is 3.11. The standard InChI is InChI=1S/C22H23N5O4/c1-31-20-11-15(17-10-18(28)13-23-12-17)2-3-16(20)14-26-6-8-27(9-7-26)21-5-4-19(22(29)30)24-25-21/h2-5,10-13,28H,6-9,14H2,1H3,(H,29,30). The van der Waals surface area contributed by atoms with Crippen LogP contribution in [0.3, 0.4) is 0 Å². The number of carbonyl (C=O) groups is 1. The third-order valence-corrected chi connectivity index (χ3v) is 5.30. The molecule has 9 nitrogen and oxygen atoms in total. The normalized spacial score (nSPS) is 14.4. The summed E-state index contributed by atoms with van der Waals surface area (Å²) in [5, 5.41) is 26.4. The topological polar surface area (TPSA) is 112 Å². The lowest BCUT2D eigenvalue weighted by molar-refractivity contribution is 0.0689. The minimum absolute atomic E-state index is 0.0561. The molecule has 1 fully saturated rings. The highest BCUT2D eigenvalue weighted by molar-refractivity contribution is 5.85. The fraction of sp³-hybridized carbons (Fsp3) is 0.273. The van der Waals surface area contributed by atoms with Crippen molar-refractivity contribution in [2.45, 2.75) is 6.54 Å². The summed E-state index contributed by atoms with van der Waals surface area (Å²) in [6.45, 7) is 3.97. The molecule has 2 N–H and O–H groups in total. The number of methoxy groups -OCH3 is 1. The zero-order valence-corrected chi connectivity index (χ0v) is 17.1. The molecule has 9 heteroatoms. The quantitative estimate of drug-likeness (QED) is 0.619. The van der Waals surface area contributed by atoms with Gasteiger partial charge in [0, 0.05) is 50.0 Å². The molecule has 0 unspecified atom stereocenters. The molecule has 1 saturated heterocycles. The van der Waals surface area contributed by atoms with Crippen LogP contribution in [0, 0.1) is 0 Å². The Bertz CT molecular complexity index is 1070. The van der Waals surface area contributed by atoms with Crippen LogP contribution in [0.25, 0.3) is 11.1 Å². The Labute approximate surface area is 179 Å². The minimum atomic E-state index is -1.08. The van der Waals surface area contributed by atoms with Gasteiger partial charge in [-0.15, -0.1) is 10.2 Å². The number of benzene rings is 1. The van der Waals surface area contributed by atoms with Crippen LogP contribution in [0.15, 0.2) is 48.8 Å². The van der Waals surface area contributed by atoms with Crippen molar-refractivity contribution in [3.05, 3.63) is 60.0 Å². The Kier molecular flexibility index (Phi) is 5.94. The predicted molar refractivity (Wildman–Crippen MR) is 114 cm³/mol. The van der Waals surface area contributed by atoms with Crippen LogP contribution in [0.2, 0.25) is 0 Å². The summed E-state index contributed by atoms with van der Waals surface area (Å²) in [7, 11) is 1.65. The molecule has 0 saturated carbocycles. The van der Waals surface area contributed by atoms with Crippen molar-refractivity contribution in [1.82, 2.24) is 20.1 Å². The summed E-state index contributed by atoms with van der Waals surface area (Å²) >= 11 is 0. The van der Waals surface area contributed by atoms with Crippen LogP contribution < -0.4 is 9.64 Å². The van der Waals surface area contributed by atoms with Crippen LogP contribution in [0.4, 0.5) is 5.82 Å². The first-order valence-corrected chi connectivity index (χ1v) is 9.89. The van der Waals surface area contributed by atoms with Crippen LogP contribution in [-0.4, -0.2) is 69.6 Å². The Morgan fingerprint density at radius 1 is 1.03 bits per heavy atom. The molecule has 2 aromatic heterocycles. The van der Waals surface area contributed by atoms with Crippen molar-refractivity contribution in [3.8, 4) is 22.6 Å². The molecule has 3 aromatic rings. The van der Waals surface area contributed by atoms with Crippen LogP contribution in [0.1, 0.15) is 16.1 Å². The van der Waals surface area contributed by atoms with E-state index in [-0.39, 0.29) is 11.4 Å². The van der Waals surface area contributed by atoms with Crippen molar-refractivity contribution in [1.29, 1.82) is 0 Å². The van der Waals surface area contributed by atoms with Gasteiger partial charge in [0.05, 0.1) is 13.3 Å². The molecule has 0 bridgehead atoms. The molecule has 1 aliphatic rings. The van der Waals surface area contributed by atoms with E-state index < -0.39 is 5.97 Å².